The molecule has 0 radical (unpaired) electrons. The van der Waals surface area contributed by atoms with E-state index in [1.807, 2.05) is 19.9 Å². The summed E-state index contributed by atoms with van der Waals surface area (Å²) >= 11 is 0. The summed E-state index contributed by atoms with van der Waals surface area (Å²) in [7, 11) is 0. The van der Waals surface area contributed by atoms with Gasteiger partial charge in [0.15, 0.2) is 6.61 Å². The highest BCUT2D eigenvalue weighted by Gasteiger charge is 2.53. The number of aryl methyl sites for hydroxylation is 1. The zero-order valence-corrected chi connectivity index (χ0v) is 19.6. The smallest absolute Gasteiger partial charge is 0.344 e. The van der Waals surface area contributed by atoms with Crippen molar-refractivity contribution in [2.45, 2.75) is 96.4 Å². The first kappa shape index (κ1) is 23.9. The van der Waals surface area contributed by atoms with E-state index in [4.69, 9.17) is 14.2 Å². The van der Waals surface area contributed by atoms with Gasteiger partial charge < -0.3 is 24.4 Å². The Morgan fingerprint density at radius 3 is 2.65 bits per heavy atom. The van der Waals surface area contributed by atoms with Gasteiger partial charge in [-0.15, -0.1) is 0 Å². The largest absolute Gasteiger partial charge is 0.487 e. The molecule has 1 aliphatic carbocycles. The number of aliphatic hydroxyl groups excluding tert-OH is 1. The van der Waals surface area contributed by atoms with Crippen LogP contribution < -0.4 is 9.47 Å². The zero-order chi connectivity index (χ0) is 22.8. The molecule has 31 heavy (non-hydrogen) atoms. The predicted octanol–water partition coefficient (Wildman–Crippen LogP) is 4.14. The minimum Gasteiger partial charge on any atom is -0.487 e. The van der Waals surface area contributed by atoms with Crippen molar-refractivity contribution in [2.24, 2.45) is 5.92 Å². The van der Waals surface area contributed by atoms with Gasteiger partial charge in [0.1, 0.15) is 17.1 Å². The van der Waals surface area contributed by atoms with E-state index in [0.29, 0.717) is 25.2 Å². The lowest BCUT2D eigenvalue weighted by molar-refractivity contribution is -0.145. The lowest BCUT2D eigenvalue weighted by Gasteiger charge is -2.52. The van der Waals surface area contributed by atoms with Crippen molar-refractivity contribution in [3.8, 4) is 11.5 Å². The summed E-state index contributed by atoms with van der Waals surface area (Å²) in [5.74, 6) is 0.943. The number of carbonyl (C=O) groups is 1. The van der Waals surface area contributed by atoms with Crippen molar-refractivity contribution in [1.29, 1.82) is 0 Å². The minimum absolute atomic E-state index is 0.0195. The van der Waals surface area contributed by atoms with Crippen LogP contribution in [0.25, 0.3) is 0 Å². The molecule has 2 unspecified atom stereocenters. The van der Waals surface area contributed by atoms with E-state index in [-0.39, 0.29) is 18.4 Å². The molecule has 3 rings (SSSR count). The van der Waals surface area contributed by atoms with Gasteiger partial charge in [0, 0.05) is 17.4 Å². The highest BCUT2D eigenvalue weighted by Crippen LogP contribution is 2.56. The van der Waals surface area contributed by atoms with Crippen molar-refractivity contribution >= 4 is 5.97 Å². The fraction of sp³-hybridized carbons (Fsp3) is 0.720. The van der Waals surface area contributed by atoms with Gasteiger partial charge in [-0.3, -0.25) is 0 Å². The number of hydrogen-bond donors (Lipinski definition) is 2. The number of fused-ring (bicyclic) bond motifs is 3. The first-order valence-corrected chi connectivity index (χ1v) is 11.6. The van der Waals surface area contributed by atoms with Crippen LogP contribution in [0.3, 0.4) is 0 Å². The Morgan fingerprint density at radius 1 is 1.23 bits per heavy atom. The Labute approximate surface area is 185 Å². The first-order chi connectivity index (χ1) is 14.6. The third-order valence-electron chi connectivity index (χ3n) is 6.83. The molecule has 1 saturated carbocycles. The highest BCUT2D eigenvalue weighted by molar-refractivity contribution is 5.71. The van der Waals surface area contributed by atoms with Crippen LogP contribution in [0.1, 0.15) is 83.8 Å². The molecule has 1 heterocycles. The van der Waals surface area contributed by atoms with E-state index < -0.39 is 23.3 Å². The van der Waals surface area contributed by atoms with Gasteiger partial charge in [0.25, 0.3) is 0 Å². The summed E-state index contributed by atoms with van der Waals surface area (Å²) < 4.78 is 17.5. The Bertz CT molecular complexity index is 784. The van der Waals surface area contributed by atoms with E-state index >= 15 is 0 Å². The van der Waals surface area contributed by atoms with E-state index in [1.165, 1.54) is 0 Å². The highest BCUT2D eigenvalue weighted by atomic mass is 16.6. The minimum atomic E-state index is -1.19. The fourth-order valence-electron chi connectivity index (χ4n) is 5.10. The van der Waals surface area contributed by atoms with E-state index in [1.54, 1.807) is 13.8 Å². The number of benzene rings is 1. The van der Waals surface area contributed by atoms with Crippen molar-refractivity contribution < 1.29 is 29.2 Å². The molecule has 0 aromatic heterocycles. The standard InChI is InChI=1S/C25H38O6/c1-6-8-9-10-16-11-19(30-15-22(27)29-7-2)23-17-14-25(5,28)21(26)13-18(17)24(3,4)31-20(23)12-16/h11-12,17-18,21,26,28H,6-10,13-15H2,1-5H3/t17-,18-,21?,25?/m1/s1. The van der Waals surface area contributed by atoms with Crippen LogP contribution >= 0.6 is 0 Å². The Kier molecular flexibility index (Phi) is 7.21. The summed E-state index contributed by atoms with van der Waals surface area (Å²) in [6, 6.07) is 4.09. The van der Waals surface area contributed by atoms with Crippen LogP contribution in [0.15, 0.2) is 12.1 Å². The van der Waals surface area contributed by atoms with Crippen molar-refractivity contribution in [3.05, 3.63) is 23.3 Å². The van der Waals surface area contributed by atoms with Gasteiger partial charge in [0.2, 0.25) is 0 Å². The van der Waals surface area contributed by atoms with E-state index in [2.05, 4.69) is 13.0 Å². The second kappa shape index (κ2) is 9.37. The maximum absolute atomic E-state index is 12.0. The maximum Gasteiger partial charge on any atom is 0.344 e. The second-order valence-electron chi connectivity index (χ2n) is 9.79. The van der Waals surface area contributed by atoms with Gasteiger partial charge >= 0.3 is 5.97 Å². The van der Waals surface area contributed by atoms with Gasteiger partial charge in [-0.25, -0.2) is 4.79 Å². The summed E-state index contributed by atoms with van der Waals surface area (Å²) in [4.78, 5) is 12.0. The normalized spacial score (nSPS) is 28.8. The predicted molar refractivity (Wildman–Crippen MR) is 119 cm³/mol. The molecule has 1 aromatic rings. The molecular weight excluding hydrogens is 396 g/mol. The second-order valence-corrected chi connectivity index (χ2v) is 9.79. The molecule has 6 heteroatoms. The van der Waals surface area contributed by atoms with Crippen molar-refractivity contribution in [1.82, 2.24) is 0 Å². The molecule has 4 atom stereocenters. The molecule has 1 aliphatic heterocycles. The molecular formula is C25H38O6. The van der Waals surface area contributed by atoms with Gasteiger partial charge in [-0.1, -0.05) is 19.8 Å². The van der Waals surface area contributed by atoms with Crippen LogP contribution in [0.2, 0.25) is 0 Å². The lowest BCUT2D eigenvalue weighted by atomic mass is 9.62. The number of carbonyl (C=O) groups excluding carboxylic acids is 1. The van der Waals surface area contributed by atoms with Gasteiger partial charge in [0.05, 0.1) is 18.3 Å². The number of aliphatic hydroxyl groups is 2. The third-order valence-corrected chi connectivity index (χ3v) is 6.83. The number of rotatable bonds is 8. The lowest BCUT2D eigenvalue weighted by Crippen LogP contribution is -2.55. The van der Waals surface area contributed by atoms with Crippen LogP contribution in [0.4, 0.5) is 0 Å². The van der Waals surface area contributed by atoms with Crippen molar-refractivity contribution in [3.63, 3.8) is 0 Å². The molecule has 0 saturated heterocycles. The molecule has 2 aliphatic rings. The number of hydrogen-bond acceptors (Lipinski definition) is 6. The monoisotopic (exact) mass is 434 g/mol. The quantitative estimate of drug-likeness (QED) is 0.473. The Hall–Kier alpha value is -1.79. The SMILES string of the molecule is CCCCCc1cc(OCC(=O)OCC)c2c(c1)OC(C)(C)[C@@H]1CC(O)C(C)(O)C[C@@H]21. The summed E-state index contributed by atoms with van der Waals surface area (Å²) in [5.41, 5.74) is 0.322. The summed E-state index contributed by atoms with van der Waals surface area (Å²) in [6.45, 7) is 9.86. The van der Waals surface area contributed by atoms with Crippen molar-refractivity contribution in [2.75, 3.05) is 13.2 Å². The molecule has 0 spiro atoms. The Morgan fingerprint density at radius 2 is 1.97 bits per heavy atom. The van der Waals surface area contributed by atoms with E-state index in [9.17, 15) is 15.0 Å². The van der Waals surface area contributed by atoms with E-state index in [0.717, 1.165) is 42.6 Å². The number of unbranched alkanes of at least 4 members (excludes halogenated alkanes) is 2. The first-order valence-electron chi connectivity index (χ1n) is 11.6. The summed E-state index contributed by atoms with van der Waals surface area (Å²) in [5, 5.41) is 21.4. The molecule has 1 aromatic carbocycles. The topological polar surface area (TPSA) is 85.2 Å². The number of esters is 1. The molecule has 0 amide bonds. The fourth-order valence-corrected chi connectivity index (χ4v) is 5.10. The zero-order valence-electron chi connectivity index (χ0n) is 19.6. The average molecular weight is 435 g/mol. The molecule has 1 fully saturated rings. The Balaban J connectivity index is 2.01. The van der Waals surface area contributed by atoms with Crippen LogP contribution in [-0.2, 0) is 16.0 Å². The van der Waals surface area contributed by atoms with Crippen LogP contribution in [0, 0.1) is 5.92 Å². The molecule has 2 N–H and O–H groups in total. The molecule has 174 valence electrons. The van der Waals surface area contributed by atoms with Gasteiger partial charge in [-0.05, 0) is 71.1 Å². The number of ether oxygens (including phenoxy) is 3. The maximum atomic E-state index is 12.0. The van der Waals surface area contributed by atoms with Crippen LogP contribution in [-0.4, -0.2) is 46.7 Å². The average Bonchev–Trinajstić information content (AvgIpc) is 2.67. The molecule has 6 nitrogen and oxygen atoms in total. The van der Waals surface area contributed by atoms with Crippen LogP contribution in [0.5, 0.6) is 11.5 Å². The van der Waals surface area contributed by atoms with Gasteiger partial charge in [-0.2, -0.15) is 0 Å². The molecule has 0 bridgehead atoms. The third kappa shape index (κ3) is 5.17. The summed E-state index contributed by atoms with van der Waals surface area (Å²) in [6.07, 6.45) is 4.31.